The third-order valence-corrected chi connectivity index (χ3v) is 13.1. The van der Waals surface area contributed by atoms with E-state index >= 15 is 0 Å². The molecule has 62 heavy (non-hydrogen) atoms. The Hall–Kier alpha value is -8.21. The minimum absolute atomic E-state index is 0.400. The van der Waals surface area contributed by atoms with Crippen LogP contribution >= 0.6 is 0 Å². The number of para-hydroxylation sites is 1. The molecule has 4 heteroatoms. The summed E-state index contributed by atoms with van der Waals surface area (Å²) in [5, 5.41) is 2.28. The highest BCUT2D eigenvalue weighted by Crippen LogP contribution is 2.63. The fraction of sp³-hybridized carbons (Fsp3) is 0.0172. The van der Waals surface area contributed by atoms with Crippen LogP contribution in [-0.4, -0.2) is 19.5 Å². The number of aromatic nitrogens is 4. The molecule has 0 saturated heterocycles. The van der Waals surface area contributed by atoms with Crippen molar-refractivity contribution in [3.8, 4) is 73.2 Å². The quantitative estimate of drug-likeness (QED) is 0.174. The summed E-state index contributed by atoms with van der Waals surface area (Å²) in [7, 11) is 0. The lowest BCUT2D eigenvalue weighted by Gasteiger charge is -2.30. The number of fused-ring (bicyclic) bond motifs is 13. The molecule has 4 nitrogen and oxygen atoms in total. The largest absolute Gasteiger partial charge is 0.278 e. The molecule has 9 aromatic carbocycles. The van der Waals surface area contributed by atoms with Gasteiger partial charge in [0.15, 0.2) is 11.6 Å². The molecule has 0 radical (unpaired) electrons. The summed E-state index contributed by atoms with van der Waals surface area (Å²) in [5.41, 5.74) is 18.7. The van der Waals surface area contributed by atoms with Crippen molar-refractivity contribution < 1.29 is 0 Å². The normalized spacial score (nSPS) is 13.0. The van der Waals surface area contributed by atoms with Crippen LogP contribution in [0.25, 0.3) is 95.0 Å². The summed E-state index contributed by atoms with van der Waals surface area (Å²) < 4.78 is 2.20. The second-order valence-corrected chi connectivity index (χ2v) is 16.3. The molecule has 2 aliphatic carbocycles. The minimum atomic E-state index is -0.400. The van der Waals surface area contributed by atoms with Crippen molar-refractivity contribution >= 4 is 21.8 Å². The second kappa shape index (κ2) is 13.4. The van der Waals surface area contributed by atoms with Gasteiger partial charge in [-0.2, -0.15) is 9.97 Å². The Balaban J connectivity index is 0.998. The highest BCUT2D eigenvalue weighted by molar-refractivity contribution is 6.10. The molecule has 0 saturated carbocycles. The fourth-order valence-electron chi connectivity index (χ4n) is 10.4. The first-order chi connectivity index (χ1) is 30.7. The summed E-state index contributed by atoms with van der Waals surface area (Å²) in [6, 6.07) is 78.6. The van der Waals surface area contributed by atoms with Gasteiger partial charge in [-0.3, -0.25) is 4.57 Å². The van der Waals surface area contributed by atoms with Crippen LogP contribution in [0.4, 0.5) is 0 Å². The second-order valence-electron chi connectivity index (χ2n) is 16.3. The summed E-state index contributed by atoms with van der Waals surface area (Å²) in [5.74, 6) is 1.83. The van der Waals surface area contributed by atoms with Crippen molar-refractivity contribution in [2.24, 2.45) is 0 Å². The van der Waals surface area contributed by atoms with E-state index in [4.69, 9.17) is 15.0 Å². The molecule has 2 aromatic heterocycles. The van der Waals surface area contributed by atoms with Crippen LogP contribution in [-0.2, 0) is 5.41 Å². The molecule has 2 aliphatic rings. The van der Waals surface area contributed by atoms with Crippen LogP contribution in [0, 0.1) is 0 Å². The van der Waals surface area contributed by atoms with Crippen molar-refractivity contribution in [1.82, 2.24) is 19.5 Å². The first kappa shape index (κ1) is 34.6. The topological polar surface area (TPSA) is 43.6 Å². The Morgan fingerprint density at radius 1 is 0.290 bits per heavy atom. The standard InChI is InChI=1S/C58H36N4/c1-3-16-37(17-4-1)39-20-15-21-42(34-39)56-59-55(38-18-5-2-6-19-38)60-57(61-56)62-53-29-14-10-25-47(53)48-35-40(31-33-54(48)62)41-30-32-46-45-24-9-13-28-51(45)58(52(46)36-41)49-26-11-7-22-43(49)44-23-8-12-27-50(44)58/h1-36H. The van der Waals surface area contributed by atoms with E-state index in [-0.39, 0.29) is 0 Å². The minimum Gasteiger partial charge on any atom is -0.278 e. The maximum atomic E-state index is 5.26. The molecule has 0 bridgehead atoms. The van der Waals surface area contributed by atoms with Gasteiger partial charge in [-0.15, -0.1) is 0 Å². The van der Waals surface area contributed by atoms with E-state index in [1.54, 1.807) is 0 Å². The molecule has 288 valence electrons. The van der Waals surface area contributed by atoms with Crippen LogP contribution in [0.5, 0.6) is 0 Å². The van der Waals surface area contributed by atoms with E-state index in [1.165, 1.54) is 50.1 Å². The van der Waals surface area contributed by atoms with E-state index < -0.39 is 5.41 Å². The third-order valence-electron chi connectivity index (χ3n) is 13.1. The van der Waals surface area contributed by atoms with Crippen LogP contribution < -0.4 is 0 Å². The average molecular weight is 789 g/mol. The molecule has 1 spiro atoms. The predicted octanol–water partition coefficient (Wildman–Crippen LogP) is 14.0. The number of benzene rings is 9. The van der Waals surface area contributed by atoms with Gasteiger partial charge < -0.3 is 0 Å². The zero-order valence-electron chi connectivity index (χ0n) is 33.6. The van der Waals surface area contributed by atoms with Gasteiger partial charge in [-0.05, 0) is 97.1 Å². The number of rotatable bonds is 5. The van der Waals surface area contributed by atoms with E-state index in [2.05, 4.69) is 199 Å². The van der Waals surface area contributed by atoms with Gasteiger partial charge in [0.25, 0.3) is 0 Å². The van der Waals surface area contributed by atoms with E-state index in [9.17, 15) is 0 Å². The fourth-order valence-corrected chi connectivity index (χ4v) is 10.4. The summed E-state index contributed by atoms with van der Waals surface area (Å²) in [4.78, 5) is 15.6. The highest BCUT2D eigenvalue weighted by Gasteiger charge is 2.51. The van der Waals surface area contributed by atoms with Crippen molar-refractivity contribution in [2.75, 3.05) is 0 Å². The first-order valence-electron chi connectivity index (χ1n) is 21.2. The Morgan fingerprint density at radius 2 is 0.774 bits per heavy atom. The predicted molar refractivity (Wildman–Crippen MR) is 252 cm³/mol. The van der Waals surface area contributed by atoms with Crippen LogP contribution in [0.3, 0.4) is 0 Å². The molecule has 2 heterocycles. The van der Waals surface area contributed by atoms with Crippen molar-refractivity contribution in [3.63, 3.8) is 0 Å². The Morgan fingerprint density at radius 3 is 1.47 bits per heavy atom. The maximum absolute atomic E-state index is 5.26. The summed E-state index contributed by atoms with van der Waals surface area (Å²) in [6.07, 6.45) is 0. The van der Waals surface area contributed by atoms with Crippen LogP contribution in [0.1, 0.15) is 22.3 Å². The van der Waals surface area contributed by atoms with Gasteiger partial charge in [-0.1, -0.05) is 188 Å². The van der Waals surface area contributed by atoms with Crippen LogP contribution in [0.2, 0.25) is 0 Å². The van der Waals surface area contributed by atoms with Gasteiger partial charge in [0, 0.05) is 21.9 Å². The molecular weight excluding hydrogens is 753 g/mol. The molecular formula is C58H36N4. The van der Waals surface area contributed by atoms with Gasteiger partial charge in [0.2, 0.25) is 5.95 Å². The first-order valence-corrected chi connectivity index (χ1v) is 21.2. The lowest BCUT2D eigenvalue weighted by atomic mass is 9.70. The maximum Gasteiger partial charge on any atom is 0.238 e. The van der Waals surface area contributed by atoms with Gasteiger partial charge in [0.05, 0.1) is 16.4 Å². The lowest BCUT2D eigenvalue weighted by molar-refractivity contribution is 0.794. The van der Waals surface area contributed by atoms with E-state index in [0.29, 0.717) is 17.6 Å². The van der Waals surface area contributed by atoms with Gasteiger partial charge in [0.1, 0.15) is 0 Å². The highest BCUT2D eigenvalue weighted by atomic mass is 15.2. The monoisotopic (exact) mass is 788 g/mol. The summed E-state index contributed by atoms with van der Waals surface area (Å²) in [6.45, 7) is 0. The van der Waals surface area contributed by atoms with Gasteiger partial charge >= 0.3 is 0 Å². The van der Waals surface area contributed by atoms with Crippen molar-refractivity contribution in [1.29, 1.82) is 0 Å². The number of hydrogen-bond donors (Lipinski definition) is 0. The van der Waals surface area contributed by atoms with Gasteiger partial charge in [-0.25, -0.2) is 4.98 Å². The zero-order valence-corrected chi connectivity index (χ0v) is 33.6. The molecule has 0 amide bonds. The number of hydrogen-bond acceptors (Lipinski definition) is 3. The number of nitrogens with zero attached hydrogens (tertiary/aromatic N) is 4. The molecule has 0 unspecified atom stereocenters. The zero-order chi connectivity index (χ0) is 40.8. The third kappa shape index (κ3) is 4.98. The molecule has 0 atom stereocenters. The Labute approximate surface area is 359 Å². The molecule has 0 aliphatic heterocycles. The van der Waals surface area contributed by atoms with Crippen LogP contribution in [0.15, 0.2) is 218 Å². The van der Waals surface area contributed by atoms with Crippen molar-refractivity contribution in [2.45, 2.75) is 5.41 Å². The molecule has 0 N–H and O–H groups in total. The van der Waals surface area contributed by atoms with E-state index in [1.807, 2.05) is 24.3 Å². The van der Waals surface area contributed by atoms with Crippen molar-refractivity contribution in [3.05, 3.63) is 241 Å². The Kier molecular flexibility index (Phi) is 7.49. The lowest BCUT2D eigenvalue weighted by Crippen LogP contribution is -2.25. The SMILES string of the molecule is c1ccc(-c2cccc(-c3nc(-c4ccccc4)nc(-n4c5ccccc5c5cc(-c6ccc7c(c6)C6(c8ccccc8-c8ccccc86)c6ccccc6-7)ccc54)n3)c2)cc1. The molecule has 0 fully saturated rings. The molecule has 11 aromatic rings. The van der Waals surface area contributed by atoms with E-state index in [0.717, 1.165) is 49.6 Å². The molecule has 13 rings (SSSR count). The summed E-state index contributed by atoms with van der Waals surface area (Å²) >= 11 is 0. The average Bonchev–Trinajstić information content (AvgIpc) is 3.96. The Bertz CT molecular complexity index is 3520. The smallest absolute Gasteiger partial charge is 0.238 e.